The summed E-state index contributed by atoms with van der Waals surface area (Å²) in [5.74, 6) is 0.350. The second kappa shape index (κ2) is 11.1. The van der Waals surface area contributed by atoms with E-state index in [0.717, 1.165) is 11.6 Å². The minimum Gasteiger partial charge on any atom is -0.462 e. The van der Waals surface area contributed by atoms with Crippen molar-refractivity contribution in [1.29, 1.82) is 0 Å². The average molecular weight is 492 g/mol. The molecule has 0 amide bonds. The molecule has 0 spiro atoms. The molecule has 2 rings (SSSR count). The van der Waals surface area contributed by atoms with Crippen molar-refractivity contribution in [3.05, 3.63) is 34.0 Å². The molecule has 0 aliphatic carbocycles. The van der Waals surface area contributed by atoms with Gasteiger partial charge in [0.2, 0.25) is 0 Å². The van der Waals surface area contributed by atoms with Gasteiger partial charge in [0.15, 0.2) is 5.96 Å². The van der Waals surface area contributed by atoms with Gasteiger partial charge < -0.3 is 15.4 Å². The molecule has 10 heteroatoms. The Balaban J connectivity index is 0.00000338. The summed E-state index contributed by atoms with van der Waals surface area (Å²) in [5, 5.41) is 11.5. The number of rotatable bonds is 7. The Hall–Kier alpha value is -1.69. The van der Waals surface area contributed by atoms with Crippen molar-refractivity contribution in [3.8, 4) is 0 Å². The fourth-order valence-corrected chi connectivity index (χ4v) is 3.13. The predicted molar refractivity (Wildman–Crippen MR) is 113 cm³/mol. The Labute approximate surface area is 174 Å². The van der Waals surface area contributed by atoms with E-state index in [0.29, 0.717) is 29.7 Å². The summed E-state index contributed by atoms with van der Waals surface area (Å²) in [7, 11) is 1.72. The van der Waals surface area contributed by atoms with Crippen molar-refractivity contribution >= 4 is 47.2 Å². The minimum atomic E-state index is -0.322. The smallest absolute Gasteiger partial charge is 0.350 e. The summed E-state index contributed by atoms with van der Waals surface area (Å²) in [6.07, 6.45) is 3.66. The molecule has 0 radical (unpaired) electrons. The number of aliphatic imine (C=N–C) groups is 1. The largest absolute Gasteiger partial charge is 0.462 e. The first kappa shape index (κ1) is 22.4. The van der Waals surface area contributed by atoms with Crippen LogP contribution in [0.3, 0.4) is 0 Å². The summed E-state index contributed by atoms with van der Waals surface area (Å²) >= 11 is 1.34. The van der Waals surface area contributed by atoms with Crippen molar-refractivity contribution in [2.45, 2.75) is 33.4 Å². The van der Waals surface area contributed by atoms with Crippen LogP contribution in [0.1, 0.15) is 40.3 Å². The van der Waals surface area contributed by atoms with Crippen LogP contribution >= 0.6 is 35.3 Å². The molecule has 0 saturated heterocycles. The first-order chi connectivity index (χ1) is 12.0. The van der Waals surface area contributed by atoms with Crippen LogP contribution < -0.4 is 10.6 Å². The van der Waals surface area contributed by atoms with E-state index in [1.165, 1.54) is 11.3 Å². The number of aryl methyl sites for hydroxylation is 1. The molecule has 0 aliphatic heterocycles. The van der Waals surface area contributed by atoms with Gasteiger partial charge in [0.25, 0.3) is 0 Å². The first-order valence-corrected chi connectivity index (χ1v) is 8.95. The zero-order valence-electron chi connectivity index (χ0n) is 15.4. The van der Waals surface area contributed by atoms with E-state index in [-0.39, 0.29) is 36.0 Å². The number of hydrogen-bond acceptors (Lipinski definition) is 6. The van der Waals surface area contributed by atoms with Gasteiger partial charge in [0.05, 0.1) is 24.9 Å². The number of esters is 1. The van der Waals surface area contributed by atoms with Gasteiger partial charge in [-0.3, -0.25) is 9.67 Å². The van der Waals surface area contributed by atoms with Gasteiger partial charge in [-0.2, -0.15) is 5.10 Å². The van der Waals surface area contributed by atoms with Crippen LogP contribution in [-0.4, -0.2) is 46.9 Å². The van der Waals surface area contributed by atoms with Crippen LogP contribution in [0.5, 0.6) is 0 Å². The molecule has 2 aromatic rings. The zero-order valence-corrected chi connectivity index (χ0v) is 18.5. The van der Waals surface area contributed by atoms with Crippen molar-refractivity contribution in [2.24, 2.45) is 4.99 Å². The first-order valence-electron chi connectivity index (χ1n) is 8.14. The van der Waals surface area contributed by atoms with Gasteiger partial charge in [-0.25, -0.2) is 9.78 Å². The van der Waals surface area contributed by atoms with Crippen molar-refractivity contribution in [1.82, 2.24) is 25.4 Å². The summed E-state index contributed by atoms with van der Waals surface area (Å²) in [5.41, 5.74) is 0.689. The van der Waals surface area contributed by atoms with Crippen LogP contribution in [0, 0.1) is 6.92 Å². The number of ether oxygens (including phenoxy) is 1. The third-order valence-corrected chi connectivity index (χ3v) is 4.73. The van der Waals surface area contributed by atoms with Crippen LogP contribution in [-0.2, 0) is 11.3 Å². The van der Waals surface area contributed by atoms with Gasteiger partial charge in [0.1, 0.15) is 9.88 Å². The molecule has 26 heavy (non-hydrogen) atoms. The third kappa shape index (κ3) is 6.24. The standard InChI is InChI=1S/C16H24N6O2S.HI/c1-5-24-15(23)13-11(2)20-14(25-13)12(3)21-16(17-4)18-8-10-22-9-6-7-19-22;/h6-7,9,12H,5,8,10H2,1-4H3,(H2,17,18,21);1H. The molecule has 0 saturated carbocycles. The summed E-state index contributed by atoms with van der Waals surface area (Å²) in [6, 6.07) is 1.81. The third-order valence-electron chi connectivity index (χ3n) is 3.41. The van der Waals surface area contributed by atoms with Crippen molar-refractivity contribution < 1.29 is 9.53 Å². The second-order valence-electron chi connectivity index (χ2n) is 5.32. The number of nitrogens with one attached hydrogen (secondary N) is 2. The molecule has 144 valence electrons. The highest BCUT2D eigenvalue weighted by Crippen LogP contribution is 2.24. The molecule has 0 bridgehead atoms. The van der Waals surface area contributed by atoms with Crippen molar-refractivity contribution in [2.75, 3.05) is 20.2 Å². The van der Waals surface area contributed by atoms with E-state index in [1.807, 2.05) is 30.8 Å². The monoisotopic (exact) mass is 492 g/mol. The number of carbonyl (C=O) groups is 1. The normalized spacial score (nSPS) is 12.2. The molecule has 1 unspecified atom stereocenters. The fraction of sp³-hybridized carbons (Fsp3) is 0.500. The Bertz CT molecular complexity index is 716. The Morgan fingerprint density at radius 1 is 1.50 bits per heavy atom. The Morgan fingerprint density at radius 2 is 2.27 bits per heavy atom. The molecule has 0 aliphatic rings. The van der Waals surface area contributed by atoms with E-state index in [9.17, 15) is 4.79 Å². The average Bonchev–Trinajstić information content (AvgIpc) is 3.23. The molecule has 0 fully saturated rings. The predicted octanol–water partition coefficient (Wildman–Crippen LogP) is 2.37. The number of halogens is 1. The van der Waals surface area contributed by atoms with Gasteiger partial charge in [0, 0.05) is 26.0 Å². The van der Waals surface area contributed by atoms with Gasteiger partial charge in [-0.15, -0.1) is 35.3 Å². The molecule has 2 heterocycles. The van der Waals surface area contributed by atoms with E-state index >= 15 is 0 Å². The highest BCUT2D eigenvalue weighted by atomic mass is 127. The van der Waals surface area contributed by atoms with Crippen LogP contribution in [0.15, 0.2) is 23.5 Å². The Kier molecular flexibility index (Phi) is 9.55. The van der Waals surface area contributed by atoms with Crippen molar-refractivity contribution in [3.63, 3.8) is 0 Å². The topological polar surface area (TPSA) is 93.4 Å². The van der Waals surface area contributed by atoms with Gasteiger partial charge in [-0.05, 0) is 26.8 Å². The van der Waals surface area contributed by atoms with Gasteiger partial charge >= 0.3 is 5.97 Å². The lowest BCUT2D eigenvalue weighted by Crippen LogP contribution is -2.40. The van der Waals surface area contributed by atoms with E-state index in [1.54, 1.807) is 20.2 Å². The van der Waals surface area contributed by atoms with Crippen LogP contribution in [0.4, 0.5) is 0 Å². The highest BCUT2D eigenvalue weighted by molar-refractivity contribution is 14.0. The van der Waals surface area contributed by atoms with Crippen LogP contribution in [0.25, 0.3) is 0 Å². The lowest BCUT2D eigenvalue weighted by molar-refractivity contribution is 0.0531. The fourth-order valence-electron chi connectivity index (χ4n) is 2.17. The van der Waals surface area contributed by atoms with E-state index in [4.69, 9.17) is 4.74 Å². The van der Waals surface area contributed by atoms with Gasteiger partial charge in [-0.1, -0.05) is 0 Å². The van der Waals surface area contributed by atoms with E-state index < -0.39 is 0 Å². The Morgan fingerprint density at radius 3 is 2.88 bits per heavy atom. The van der Waals surface area contributed by atoms with Crippen LogP contribution in [0.2, 0.25) is 0 Å². The zero-order chi connectivity index (χ0) is 18.2. The summed E-state index contributed by atoms with van der Waals surface area (Å²) < 4.78 is 6.91. The molecule has 0 aromatic carbocycles. The lowest BCUT2D eigenvalue weighted by Gasteiger charge is -2.16. The maximum Gasteiger partial charge on any atom is 0.350 e. The van der Waals surface area contributed by atoms with E-state index in [2.05, 4.69) is 25.7 Å². The number of aromatic nitrogens is 3. The summed E-state index contributed by atoms with van der Waals surface area (Å²) in [4.78, 5) is 21.2. The quantitative estimate of drug-likeness (QED) is 0.267. The minimum absolute atomic E-state index is 0. The lowest BCUT2D eigenvalue weighted by atomic mass is 10.3. The molecule has 2 N–H and O–H groups in total. The second-order valence-corrected chi connectivity index (χ2v) is 6.35. The molecular formula is C16H25IN6O2S. The number of guanidine groups is 1. The molecule has 1 atom stereocenters. The SMILES string of the molecule is CCOC(=O)c1sc(C(C)NC(=NC)NCCn2cccn2)nc1C.I. The maximum atomic E-state index is 11.9. The molecular weight excluding hydrogens is 467 g/mol. The molecule has 2 aromatic heterocycles. The highest BCUT2D eigenvalue weighted by Gasteiger charge is 2.20. The number of hydrogen-bond donors (Lipinski definition) is 2. The number of thiazole rings is 1. The summed E-state index contributed by atoms with van der Waals surface area (Å²) in [6.45, 7) is 7.37. The maximum absolute atomic E-state index is 11.9. The molecule has 8 nitrogen and oxygen atoms in total. The number of nitrogens with zero attached hydrogens (tertiary/aromatic N) is 4. The number of carbonyl (C=O) groups excluding carboxylic acids is 1.